The molecule has 40 heavy (non-hydrogen) atoms. The van der Waals surface area contributed by atoms with Gasteiger partial charge >= 0.3 is 0 Å². The van der Waals surface area contributed by atoms with Gasteiger partial charge in [0.15, 0.2) is 0 Å². The van der Waals surface area contributed by atoms with Crippen molar-refractivity contribution in [2.75, 3.05) is 19.6 Å². The van der Waals surface area contributed by atoms with Crippen molar-refractivity contribution in [1.29, 1.82) is 0 Å². The third-order valence-electron chi connectivity index (χ3n) is 7.41. The van der Waals surface area contributed by atoms with E-state index in [2.05, 4.69) is 62.7 Å². The van der Waals surface area contributed by atoms with E-state index in [0.717, 1.165) is 36.4 Å². The van der Waals surface area contributed by atoms with E-state index >= 15 is 0 Å². The molecule has 0 bridgehead atoms. The number of hydrogen-bond acceptors (Lipinski definition) is 5. The molecule has 3 amide bonds. The highest BCUT2D eigenvalue weighted by atomic mass is 16.2. The number of nitrogens with zero attached hydrogens (tertiary/aromatic N) is 3. The number of amides is 3. The molecule has 2 aromatic carbocycles. The molecule has 1 aromatic heterocycles. The zero-order valence-electron chi connectivity index (χ0n) is 24.1. The fourth-order valence-corrected chi connectivity index (χ4v) is 5.05. The van der Waals surface area contributed by atoms with Gasteiger partial charge in [0.25, 0.3) is 0 Å². The SMILES string of the molecule is Cc1ccc(Cn2c(CN3CCCNC(=O)[C@@H](C(C)C)NC(=O)[C@@H](C)NC(=O)CCC3)nc3ccccc32)cc1. The summed E-state index contributed by atoms with van der Waals surface area (Å²) >= 11 is 0. The molecule has 0 aliphatic carbocycles. The number of aryl methyl sites for hydroxylation is 1. The molecule has 9 nitrogen and oxygen atoms in total. The predicted octanol–water partition coefficient (Wildman–Crippen LogP) is 3.14. The van der Waals surface area contributed by atoms with Crippen LogP contribution in [0.25, 0.3) is 11.0 Å². The van der Waals surface area contributed by atoms with Gasteiger partial charge in [-0.25, -0.2) is 4.98 Å². The van der Waals surface area contributed by atoms with Crippen molar-refractivity contribution < 1.29 is 14.4 Å². The van der Waals surface area contributed by atoms with Crippen LogP contribution in [-0.2, 0) is 27.5 Å². The van der Waals surface area contributed by atoms with Crippen molar-refractivity contribution in [1.82, 2.24) is 30.4 Å². The zero-order valence-corrected chi connectivity index (χ0v) is 24.1. The number of aromatic nitrogens is 2. The lowest BCUT2D eigenvalue weighted by Crippen LogP contribution is -2.54. The lowest BCUT2D eigenvalue weighted by Gasteiger charge is -2.24. The highest BCUT2D eigenvalue weighted by molar-refractivity contribution is 5.92. The smallest absolute Gasteiger partial charge is 0.242 e. The van der Waals surface area contributed by atoms with Gasteiger partial charge < -0.3 is 20.5 Å². The first-order chi connectivity index (χ1) is 19.2. The van der Waals surface area contributed by atoms with Gasteiger partial charge in [-0.1, -0.05) is 55.8 Å². The van der Waals surface area contributed by atoms with Gasteiger partial charge in [0.05, 0.1) is 17.6 Å². The van der Waals surface area contributed by atoms with Crippen LogP contribution in [0, 0.1) is 12.8 Å². The normalized spacial score (nSPS) is 20.5. The van der Waals surface area contributed by atoms with E-state index in [4.69, 9.17) is 4.98 Å². The molecule has 0 saturated carbocycles. The van der Waals surface area contributed by atoms with Crippen molar-refractivity contribution in [3.8, 4) is 0 Å². The first-order valence-corrected chi connectivity index (χ1v) is 14.3. The Hall–Kier alpha value is -3.72. The number of fused-ring (bicyclic) bond motifs is 1. The summed E-state index contributed by atoms with van der Waals surface area (Å²) < 4.78 is 2.27. The Morgan fingerprint density at radius 1 is 0.925 bits per heavy atom. The van der Waals surface area contributed by atoms with Crippen LogP contribution in [0.5, 0.6) is 0 Å². The van der Waals surface area contributed by atoms with Crippen LogP contribution < -0.4 is 16.0 Å². The number of para-hydroxylation sites is 2. The Labute approximate surface area is 236 Å². The third-order valence-corrected chi connectivity index (χ3v) is 7.41. The van der Waals surface area contributed by atoms with E-state index in [1.54, 1.807) is 6.92 Å². The second-order valence-electron chi connectivity index (χ2n) is 11.1. The summed E-state index contributed by atoms with van der Waals surface area (Å²) in [6, 6.07) is 15.4. The molecule has 214 valence electrons. The molecule has 3 N–H and O–H groups in total. The van der Waals surface area contributed by atoms with Crippen LogP contribution in [0.15, 0.2) is 48.5 Å². The monoisotopic (exact) mass is 546 g/mol. The van der Waals surface area contributed by atoms with Crippen LogP contribution in [0.4, 0.5) is 0 Å². The maximum atomic E-state index is 12.9. The molecule has 2 atom stereocenters. The second kappa shape index (κ2) is 13.6. The summed E-state index contributed by atoms with van der Waals surface area (Å²) in [4.78, 5) is 45.4. The molecule has 9 heteroatoms. The fraction of sp³-hybridized carbons (Fsp3) is 0.484. The number of hydrogen-bond donors (Lipinski definition) is 3. The molecule has 3 aromatic rings. The van der Waals surface area contributed by atoms with E-state index < -0.39 is 12.1 Å². The van der Waals surface area contributed by atoms with Gasteiger partial charge in [-0.05, 0) is 56.8 Å². The van der Waals surface area contributed by atoms with Crippen LogP contribution in [-0.4, -0.2) is 63.9 Å². The molecule has 1 saturated heterocycles. The average molecular weight is 547 g/mol. The quantitative estimate of drug-likeness (QED) is 0.456. The molecule has 1 aliphatic heterocycles. The van der Waals surface area contributed by atoms with E-state index in [-0.39, 0.29) is 23.6 Å². The van der Waals surface area contributed by atoms with Crippen LogP contribution in [0.1, 0.15) is 57.0 Å². The van der Waals surface area contributed by atoms with Gasteiger partial charge in [-0.2, -0.15) is 0 Å². The molecule has 4 rings (SSSR count). The summed E-state index contributed by atoms with van der Waals surface area (Å²) in [5, 5.41) is 8.57. The number of carbonyl (C=O) groups is 3. The third kappa shape index (κ3) is 7.69. The minimum atomic E-state index is -0.718. The van der Waals surface area contributed by atoms with Crippen molar-refractivity contribution in [2.45, 2.75) is 72.1 Å². The maximum Gasteiger partial charge on any atom is 0.242 e. The first kappa shape index (κ1) is 29.3. The number of benzene rings is 2. The van der Waals surface area contributed by atoms with E-state index in [1.165, 1.54) is 11.1 Å². The molecule has 2 heterocycles. The van der Waals surface area contributed by atoms with Crippen molar-refractivity contribution >= 4 is 28.8 Å². The Bertz CT molecular complexity index is 1320. The number of carbonyl (C=O) groups excluding carboxylic acids is 3. The van der Waals surface area contributed by atoms with Gasteiger partial charge in [-0.15, -0.1) is 0 Å². The molecule has 1 fully saturated rings. The Kier molecular flexibility index (Phi) is 9.93. The minimum absolute atomic E-state index is 0.0828. The molecule has 0 unspecified atom stereocenters. The first-order valence-electron chi connectivity index (χ1n) is 14.3. The molecule has 0 radical (unpaired) electrons. The minimum Gasteiger partial charge on any atom is -0.354 e. The van der Waals surface area contributed by atoms with Crippen LogP contribution in [0.2, 0.25) is 0 Å². The number of rotatable bonds is 5. The summed E-state index contributed by atoms with van der Waals surface area (Å²) in [6.07, 6.45) is 1.71. The standard InChI is InChI=1S/C31H42N6O3/c1-21(2)29-31(40)32-16-8-18-36(17-7-11-28(38)33-23(4)30(39)35-29)20-27-34-25-9-5-6-10-26(25)37(27)19-24-14-12-22(3)13-15-24/h5-6,9-10,12-15,21,23,29H,7-8,11,16-20H2,1-4H3,(H,32,40)(H,33,38)(H,35,39)/t23-,29-/m1/s1. The van der Waals surface area contributed by atoms with Crippen molar-refractivity contribution in [3.63, 3.8) is 0 Å². The van der Waals surface area contributed by atoms with Gasteiger partial charge in [-0.3, -0.25) is 19.3 Å². The lowest BCUT2D eigenvalue weighted by atomic mass is 10.0. The number of nitrogens with one attached hydrogen (secondary N) is 3. The van der Waals surface area contributed by atoms with Crippen molar-refractivity contribution in [2.24, 2.45) is 5.92 Å². The summed E-state index contributed by atoms with van der Waals surface area (Å²) in [7, 11) is 0. The van der Waals surface area contributed by atoms with E-state index in [0.29, 0.717) is 32.5 Å². The Morgan fingerprint density at radius 3 is 2.40 bits per heavy atom. The van der Waals surface area contributed by atoms with E-state index in [1.807, 2.05) is 32.0 Å². The van der Waals surface area contributed by atoms with Crippen LogP contribution in [0.3, 0.4) is 0 Å². The average Bonchev–Trinajstić information content (AvgIpc) is 3.26. The lowest BCUT2D eigenvalue weighted by molar-refractivity contribution is -0.132. The topological polar surface area (TPSA) is 108 Å². The zero-order chi connectivity index (χ0) is 28.6. The number of imidazole rings is 1. The fourth-order valence-electron chi connectivity index (χ4n) is 5.05. The van der Waals surface area contributed by atoms with Gasteiger partial charge in [0.1, 0.15) is 17.9 Å². The molecule has 1 aliphatic rings. The van der Waals surface area contributed by atoms with Gasteiger partial charge in [0, 0.05) is 26.1 Å². The predicted molar refractivity (Wildman–Crippen MR) is 157 cm³/mol. The molecular weight excluding hydrogens is 504 g/mol. The molecule has 0 spiro atoms. The summed E-state index contributed by atoms with van der Waals surface area (Å²) in [5.74, 6) is 0.154. The Morgan fingerprint density at radius 2 is 1.65 bits per heavy atom. The highest BCUT2D eigenvalue weighted by Crippen LogP contribution is 2.20. The largest absolute Gasteiger partial charge is 0.354 e. The second-order valence-corrected chi connectivity index (χ2v) is 11.1. The van der Waals surface area contributed by atoms with Gasteiger partial charge in [0.2, 0.25) is 17.7 Å². The maximum absolute atomic E-state index is 12.9. The summed E-state index contributed by atoms with van der Waals surface area (Å²) in [6.45, 7) is 10.8. The summed E-state index contributed by atoms with van der Waals surface area (Å²) in [5.41, 5.74) is 4.49. The van der Waals surface area contributed by atoms with Crippen LogP contribution >= 0.6 is 0 Å². The highest BCUT2D eigenvalue weighted by Gasteiger charge is 2.27. The molecular formula is C31H42N6O3. The van der Waals surface area contributed by atoms with E-state index in [9.17, 15) is 14.4 Å². The van der Waals surface area contributed by atoms with Crippen molar-refractivity contribution in [3.05, 3.63) is 65.5 Å². The Balaban J connectivity index is 1.53.